The van der Waals surface area contributed by atoms with Crippen molar-refractivity contribution in [3.05, 3.63) is 95.6 Å². The van der Waals surface area contributed by atoms with Crippen molar-refractivity contribution < 1.29 is 142 Å². The molecule has 1 aliphatic rings. The van der Waals surface area contributed by atoms with Crippen LogP contribution in [-0.4, -0.2) is 303 Å². The van der Waals surface area contributed by atoms with Gasteiger partial charge in [-0.05, 0) is 120 Å². The summed E-state index contributed by atoms with van der Waals surface area (Å²) in [6, 6.07) is -4.61. The fourth-order valence-electron chi connectivity index (χ4n) is 12.9. The quantitative estimate of drug-likeness (QED) is 0.0234. The summed E-state index contributed by atoms with van der Waals surface area (Å²) in [7, 11) is 0. The minimum Gasteiger partial charge on any atom is -0.508 e. The zero-order valence-electron chi connectivity index (χ0n) is 73.9. The predicted molar refractivity (Wildman–Crippen MR) is 465 cm³/mol. The van der Waals surface area contributed by atoms with Crippen molar-refractivity contribution in [1.82, 2.24) is 84.7 Å². The topological polar surface area (TPSA) is 733 Å². The number of nitrogens with two attached hydrogens (primary N) is 1. The Bertz CT molecular complexity index is 4470. The van der Waals surface area contributed by atoms with E-state index >= 15 is 0 Å². The number of carboxylic acid groups (broad SMARTS) is 3. The van der Waals surface area contributed by atoms with Crippen molar-refractivity contribution in [2.45, 2.75) is 242 Å². The SMILES string of the molecule is CC[C@H](C)[C@H](NC(=O)[C@H](CO)NC(=O)[C@H](Cc1ccc(O)cc1)NC(=O)[C@H](CC(=O)O)NC(=O)[C@H](CO)NC(=O)[C@@H](NC(=O)[C@H](Cc1ccccc1)NC(=O)[C@@H](NC(=O)CNC(=O)[C@H](CCC(=O)O)NC(=O)C(C)(C)NC(=O)CCN1C(=O)CSC1=O)[C@@H](C)O)[C@@H](C)O)C(=O)N[C@@H](Cc1ccc(O)cc1)C(=O)N[C@@H](CC(C)C)C(=O)N[C@@H](CC(=O)O)C(=O)N[C@H](C)CCCCN. The van der Waals surface area contributed by atoms with Gasteiger partial charge in [0, 0.05) is 44.7 Å². The van der Waals surface area contributed by atoms with Gasteiger partial charge in [-0.25, -0.2) is 0 Å². The van der Waals surface area contributed by atoms with Crippen LogP contribution in [0.15, 0.2) is 78.9 Å². The summed E-state index contributed by atoms with van der Waals surface area (Å²) in [5, 5.41) is 127. The number of thioether (sulfide) groups is 1. The monoisotopic (exact) mass is 1860 g/mol. The number of hydrogen-bond acceptors (Lipinski definition) is 28. The minimum absolute atomic E-state index is 0.0821. The lowest BCUT2D eigenvalue weighted by Gasteiger charge is -2.30. The first kappa shape index (κ1) is 110. The molecule has 0 bridgehead atoms. The summed E-state index contributed by atoms with van der Waals surface area (Å²) in [5.74, 6) is -24.3. The molecule has 16 atom stereocenters. The Balaban J connectivity index is 1.55. The lowest BCUT2D eigenvalue weighted by molar-refractivity contribution is -0.142. The van der Waals surface area contributed by atoms with Crippen LogP contribution in [0.2, 0.25) is 0 Å². The summed E-state index contributed by atoms with van der Waals surface area (Å²) in [6.07, 6.45) is -7.03. The van der Waals surface area contributed by atoms with Crippen LogP contribution in [0.5, 0.6) is 11.5 Å². The van der Waals surface area contributed by atoms with E-state index in [4.69, 9.17) is 5.73 Å². The molecule has 26 N–H and O–H groups in total. The molecule has 4 rings (SSSR count). The maximum absolute atomic E-state index is 14.7. The molecular formula is C84H121N17O29S. The standard InChI is InChI=1S/C84H121N17O29S/c1-10-43(4)67(79(126)92-55(35-49-21-25-51(107)26-22-49)73(120)88-53(32-42(2)3)72(119)90-57(36-65(113)114)71(118)87-44(5)16-14-15-30-85)98-78(125)60(40-103)94-74(121)54(34-48-19-23-50(106)24-20-48)89-75(122)58(37-66(115)116)91-77(124)59(39-102)95-81(128)69(46(7)105)99-76(123)56(33-47-17-12-11-13-18-47)93-80(127)68(45(6)104)97-62(109)38-86-70(117)52(27-28-64(111)112)96-82(129)84(8,9)100-61(108)29-31-101-63(110)41-131-83(101)130/h11-13,17-26,42-46,52-60,67-69,102-107H,10,14-16,27-41,85H2,1-9H3,(H,86,117)(H,87,118)(H,88,120)(H,89,122)(H,90,119)(H,91,124)(H,92,126)(H,93,127)(H,94,121)(H,95,128)(H,96,129)(H,97,109)(H,98,125)(H,99,123)(H,100,108)(H,111,112)(H,113,114)(H,115,116)/t43-,44+,45+,46+,52-,53-,54-,55-,56-,57-,58-,59-,60-,67-,68-,69-/m0/s1. The molecule has 0 spiro atoms. The summed E-state index contributed by atoms with van der Waals surface area (Å²) in [6.45, 7) is 9.23. The maximum Gasteiger partial charge on any atom is 0.305 e. The van der Waals surface area contributed by atoms with Gasteiger partial charge in [-0.1, -0.05) is 107 Å². The lowest BCUT2D eigenvalue weighted by Crippen LogP contribution is -2.63. The van der Waals surface area contributed by atoms with Crippen LogP contribution in [0.25, 0.3) is 0 Å². The number of carbonyl (C=O) groups is 20. The Hall–Kier alpha value is -13.0. The normalized spacial score (nSPS) is 15.6. The summed E-state index contributed by atoms with van der Waals surface area (Å²) >= 11 is 0.740. The summed E-state index contributed by atoms with van der Waals surface area (Å²) in [5.41, 5.74) is 4.67. The van der Waals surface area contributed by atoms with E-state index in [9.17, 15) is 142 Å². The third-order valence-electron chi connectivity index (χ3n) is 20.5. The Labute approximate surface area is 757 Å². The second kappa shape index (κ2) is 54.5. The van der Waals surface area contributed by atoms with E-state index in [0.717, 1.165) is 30.5 Å². The number of nitrogens with one attached hydrogen (secondary N) is 15. The van der Waals surface area contributed by atoms with Gasteiger partial charge in [0.05, 0.1) is 50.6 Å². The summed E-state index contributed by atoms with van der Waals surface area (Å²) in [4.78, 5) is 271. The molecule has 46 nitrogen and oxygen atoms in total. The van der Waals surface area contributed by atoms with Gasteiger partial charge in [-0.15, -0.1) is 0 Å². The number of aliphatic carboxylic acids is 3. The Morgan fingerprint density at radius 1 is 0.443 bits per heavy atom. The second-order valence-corrected chi connectivity index (χ2v) is 33.3. The fourth-order valence-corrected chi connectivity index (χ4v) is 13.7. The molecule has 3 aromatic carbocycles. The van der Waals surface area contributed by atoms with Crippen molar-refractivity contribution in [3.63, 3.8) is 0 Å². The highest BCUT2D eigenvalue weighted by Gasteiger charge is 2.42. The van der Waals surface area contributed by atoms with Crippen LogP contribution >= 0.6 is 11.8 Å². The van der Waals surface area contributed by atoms with Gasteiger partial charge < -0.3 is 131 Å². The number of hydrogen-bond donors (Lipinski definition) is 25. The zero-order valence-corrected chi connectivity index (χ0v) is 74.7. The number of phenols is 2. The van der Waals surface area contributed by atoms with Crippen molar-refractivity contribution in [3.8, 4) is 11.5 Å². The van der Waals surface area contributed by atoms with Gasteiger partial charge >= 0.3 is 17.9 Å². The van der Waals surface area contributed by atoms with Crippen LogP contribution < -0.4 is 85.5 Å². The molecule has 17 amide bonds. The van der Waals surface area contributed by atoms with Crippen molar-refractivity contribution in [2.75, 3.05) is 38.6 Å². The molecule has 131 heavy (non-hydrogen) atoms. The molecule has 0 aliphatic carbocycles. The van der Waals surface area contributed by atoms with Crippen molar-refractivity contribution in [1.29, 1.82) is 0 Å². The van der Waals surface area contributed by atoms with E-state index < -0.39 is 285 Å². The van der Waals surface area contributed by atoms with Gasteiger partial charge in [0.15, 0.2) is 0 Å². The lowest BCUT2D eigenvalue weighted by atomic mass is 9.96. The number of nitrogens with zero attached hydrogens (tertiary/aromatic N) is 1. The molecule has 0 unspecified atom stereocenters. The molecule has 3 aromatic rings. The van der Waals surface area contributed by atoms with Crippen LogP contribution in [0.1, 0.15) is 143 Å². The second-order valence-electron chi connectivity index (χ2n) is 32.4. The van der Waals surface area contributed by atoms with Gasteiger partial charge in [0.1, 0.15) is 89.5 Å². The number of imide groups is 1. The number of aromatic hydroxyl groups is 2. The highest BCUT2D eigenvalue weighted by Crippen LogP contribution is 2.21. The smallest absolute Gasteiger partial charge is 0.305 e. The Morgan fingerprint density at radius 2 is 0.847 bits per heavy atom. The third-order valence-corrected chi connectivity index (χ3v) is 21.3. The van der Waals surface area contributed by atoms with Crippen molar-refractivity contribution in [2.24, 2.45) is 17.6 Å². The van der Waals surface area contributed by atoms with Crippen LogP contribution in [0, 0.1) is 11.8 Å². The molecule has 0 radical (unpaired) electrons. The first-order chi connectivity index (χ1) is 61.6. The maximum atomic E-state index is 14.7. The zero-order chi connectivity index (χ0) is 98.3. The fraction of sp³-hybridized carbons (Fsp3) is 0.548. The van der Waals surface area contributed by atoms with Crippen LogP contribution in [0.4, 0.5) is 4.79 Å². The number of phenolic OH excluding ortho intramolecular Hbond substituents is 2. The number of amides is 17. The molecule has 1 fully saturated rings. The van der Waals surface area contributed by atoms with E-state index in [1.165, 1.54) is 93.6 Å². The molecule has 0 saturated carbocycles. The first-order valence-corrected chi connectivity index (χ1v) is 43.1. The first-order valence-electron chi connectivity index (χ1n) is 42.1. The molecule has 0 aromatic heterocycles. The van der Waals surface area contributed by atoms with E-state index in [1.54, 1.807) is 33.8 Å². The highest BCUT2D eigenvalue weighted by atomic mass is 32.2. The Morgan fingerprint density at radius 3 is 1.30 bits per heavy atom. The number of unbranched alkanes of at least 4 members (excludes halogenated alkanes) is 1. The van der Waals surface area contributed by atoms with E-state index in [1.807, 2.05) is 0 Å². The largest absolute Gasteiger partial charge is 0.508 e. The highest BCUT2D eigenvalue weighted by molar-refractivity contribution is 8.14. The van der Waals surface area contributed by atoms with Gasteiger partial charge in [0.25, 0.3) is 5.24 Å². The van der Waals surface area contributed by atoms with Gasteiger partial charge in [0.2, 0.25) is 94.5 Å². The molecule has 722 valence electrons. The molecule has 1 aliphatic heterocycles. The number of carboxylic acids is 3. The number of rotatable bonds is 57. The Kier molecular flexibility index (Phi) is 45.9. The van der Waals surface area contributed by atoms with Gasteiger partial charge in [-0.3, -0.25) is 101 Å². The molecular weight excluding hydrogens is 1740 g/mol. The average molecular weight is 1870 g/mol. The van der Waals surface area contributed by atoms with Crippen molar-refractivity contribution >= 4 is 129 Å². The third kappa shape index (κ3) is 38.3. The molecule has 47 heteroatoms. The number of aliphatic hydroxyl groups is 4. The van der Waals surface area contributed by atoms with Crippen LogP contribution in [0.3, 0.4) is 0 Å². The average Bonchev–Trinajstić information content (AvgIpc) is 1.61. The van der Waals surface area contributed by atoms with E-state index in [0.29, 0.717) is 36.9 Å². The molecule has 1 saturated heterocycles. The van der Waals surface area contributed by atoms with E-state index in [2.05, 4.69) is 79.8 Å². The number of aliphatic hydroxyl groups excluding tert-OH is 4. The summed E-state index contributed by atoms with van der Waals surface area (Å²) < 4.78 is 0. The van der Waals surface area contributed by atoms with Gasteiger partial charge in [-0.2, -0.15) is 0 Å². The van der Waals surface area contributed by atoms with Crippen LogP contribution in [-0.2, 0) is 110 Å². The minimum atomic E-state index is -2.24. The molecule has 1 heterocycles. The number of benzene rings is 3. The number of carbonyl (C=O) groups excluding carboxylic acids is 17. The predicted octanol–water partition coefficient (Wildman–Crippen LogP) is -5.67. The van der Waals surface area contributed by atoms with E-state index in [-0.39, 0.29) is 54.5 Å².